The lowest BCUT2D eigenvalue weighted by molar-refractivity contribution is 0.00618. The first-order chi connectivity index (χ1) is 5.54. The minimum atomic E-state index is -0.708. The molecule has 0 aliphatic heterocycles. The van der Waals surface area contributed by atoms with Crippen molar-refractivity contribution >= 4 is 0 Å². The summed E-state index contributed by atoms with van der Waals surface area (Å²) in [6.07, 6.45) is 1.38. The fourth-order valence-electron chi connectivity index (χ4n) is 1.56. The third kappa shape index (κ3) is 1.59. The molecule has 2 heteroatoms. The quantitative estimate of drug-likeness (QED) is 0.578. The molecule has 0 aromatic rings. The van der Waals surface area contributed by atoms with Gasteiger partial charge in [-0.15, -0.1) is 0 Å². The van der Waals surface area contributed by atoms with Gasteiger partial charge in [0, 0.05) is 5.92 Å². The number of rotatable bonds is 1. The van der Waals surface area contributed by atoms with Crippen molar-refractivity contribution < 1.29 is 10.2 Å². The van der Waals surface area contributed by atoms with E-state index in [1.807, 2.05) is 19.9 Å². The van der Waals surface area contributed by atoms with Crippen LogP contribution in [0.15, 0.2) is 23.8 Å². The van der Waals surface area contributed by atoms with E-state index in [-0.39, 0.29) is 5.92 Å². The van der Waals surface area contributed by atoms with Gasteiger partial charge in [-0.25, -0.2) is 0 Å². The molecule has 0 amide bonds. The minimum Gasteiger partial charge on any atom is -0.389 e. The maximum Gasteiger partial charge on any atom is 0.101 e. The summed E-state index contributed by atoms with van der Waals surface area (Å²) in [6.45, 7) is 7.51. The fraction of sp³-hybridized carbons (Fsp3) is 0.600. The van der Waals surface area contributed by atoms with Gasteiger partial charge in [-0.1, -0.05) is 18.2 Å². The van der Waals surface area contributed by atoms with Crippen LogP contribution in [0.2, 0.25) is 0 Å². The van der Waals surface area contributed by atoms with Crippen LogP contribution in [0.25, 0.3) is 0 Å². The van der Waals surface area contributed by atoms with Crippen molar-refractivity contribution in [3.63, 3.8) is 0 Å². The lowest BCUT2D eigenvalue weighted by Gasteiger charge is -2.31. The van der Waals surface area contributed by atoms with Gasteiger partial charge < -0.3 is 10.2 Å². The zero-order chi connectivity index (χ0) is 9.30. The molecule has 12 heavy (non-hydrogen) atoms. The van der Waals surface area contributed by atoms with Crippen LogP contribution >= 0.6 is 0 Å². The van der Waals surface area contributed by atoms with E-state index in [0.29, 0.717) is 0 Å². The van der Waals surface area contributed by atoms with E-state index >= 15 is 0 Å². The Labute approximate surface area is 73.2 Å². The Bertz CT molecular complexity index is 218. The van der Waals surface area contributed by atoms with Gasteiger partial charge in [-0.05, 0) is 25.8 Å². The molecule has 0 heterocycles. The minimum absolute atomic E-state index is 0.0173. The second-order valence-corrected chi connectivity index (χ2v) is 3.57. The number of hydrogen-bond donors (Lipinski definition) is 2. The lowest BCUT2D eigenvalue weighted by atomic mass is 9.82. The Hall–Kier alpha value is -0.600. The third-order valence-corrected chi connectivity index (χ3v) is 2.53. The molecule has 2 N–H and O–H groups in total. The Balaban J connectivity index is 2.80. The van der Waals surface area contributed by atoms with Gasteiger partial charge in [0.15, 0.2) is 0 Å². The Kier molecular flexibility index (Phi) is 2.70. The van der Waals surface area contributed by atoms with Crippen LogP contribution in [0.3, 0.4) is 0 Å². The molecular weight excluding hydrogens is 152 g/mol. The highest BCUT2D eigenvalue weighted by Crippen LogP contribution is 2.28. The fourth-order valence-corrected chi connectivity index (χ4v) is 1.56. The molecule has 0 fully saturated rings. The highest BCUT2D eigenvalue weighted by Gasteiger charge is 2.30. The van der Waals surface area contributed by atoms with Gasteiger partial charge in [0.05, 0.1) is 6.10 Å². The second-order valence-electron chi connectivity index (χ2n) is 3.57. The molecule has 2 nitrogen and oxygen atoms in total. The maximum atomic E-state index is 9.63. The molecule has 0 aromatic heterocycles. The molecule has 1 aliphatic carbocycles. The molecule has 0 aromatic carbocycles. The van der Waals surface area contributed by atoms with E-state index in [2.05, 4.69) is 6.58 Å². The number of aliphatic hydroxyl groups excluding tert-OH is 2. The number of hydrogen-bond acceptors (Lipinski definition) is 2. The van der Waals surface area contributed by atoms with E-state index in [4.69, 9.17) is 0 Å². The molecular formula is C10H16O2. The maximum absolute atomic E-state index is 9.63. The van der Waals surface area contributed by atoms with Crippen LogP contribution in [-0.4, -0.2) is 22.4 Å². The Morgan fingerprint density at radius 1 is 1.58 bits per heavy atom. The monoisotopic (exact) mass is 168 g/mol. The van der Waals surface area contributed by atoms with Crippen molar-refractivity contribution in [3.05, 3.63) is 23.8 Å². The first-order valence-electron chi connectivity index (χ1n) is 4.22. The van der Waals surface area contributed by atoms with E-state index in [1.165, 1.54) is 0 Å². The SMILES string of the molecule is C=C(C)[C@H]1CC=C(C)[C@@H](O)[C@H]1O. The Morgan fingerprint density at radius 3 is 2.67 bits per heavy atom. The van der Waals surface area contributed by atoms with Gasteiger partial charge in [0.25, 0.3) is 0 Å². The van der Waals surface area contributed by atoms with Crippen LogP contribution in [0.4, 0.5) is 0 Å². The van der Waals surface area contributed by atoms with E-state index in [0.717, 1.165) is 17.6 Å². The highest BCUT2D eigenvalue weighted by atomic mass is 16.3. The van der Waals surface area contributed by atoms with Gasteiger partial charge in [-0.3, -0.25) is 0 Å². The average Bonchev–Trinajstić information content (AvgIpc) is 2.00. The first kappa shape index (κ1) is 9.49. The van der Waals surface area contributed by atoms with Crippen LogP contribution in [0, 0.1) is 5.92 Å². The van der Waals surface area contributed by atoms with Gasteiger partial charge >= 0.3 is 0 Å². The predicted octanol–water partition coefficient (Wildman–Crippen LogP) is 1.25. The van der Waals surface area contributed by atoms with Gasteiger partial charge in [0.2, 0.25) is 0 Å². The normalized spacial score (nSPS) is 36.0. The van der Waals surface area contributed by atoms with Crippen molar-refractivity contribution in [3.8, 4) is 0 Å². The summed E-state index contributed by atoms with van der Waals surface area (Å²) >= 11 is 0. The van der Waals surface area contributed by atoms with Crippen LogP contribution in [0.1, 0.15) is 20.3 Å². The molecule has 0 unspecified atom stereocenters. The molecule has 1 aliphatic rings. The molecule has 0 spiro atoms. The average molecular weight is 168 g/mol. The van der Waals surface area contributed by atoms with Crippen molar-refractivity contribution in [2.45, 2.75) is 32.5 Å². The molecule has 3 atom stereocenters. The summed E-state index contributed by atoms with van der Waals surface area (Å²) in [7, 11) is 0. The van der Waals surface area contributed by atoms with Crippen LogP contribution < -0.4 is 0 Å². The first-order valence-corrected chi connectivity index (χ1v) is 4.22. The van der Waals surface area contributed by atoms with Crippen molar-refractivity contribution in [1.82, 2.24) is 0 Å². The zero-order valence-corrected chi connectivity index (χ0v) is 7.62. The second kappa shape index (κ2) is 3.42. The standard InChI is InChI=1S/C10H16O2/c1-6(2)8-5-4-7(3)9(11)10(8)12/h4,8-12H,1,5H2,2-3H3/t8-,9-,10+/m1/s1. The summed E-state index contributed by atoms with van der Waals surface area (Å²) < 4.78 is 0. The van der Waals surface area contributed by atoms with E-state index < -0.39 is 12.2 Å². The summed E-state index contributed by atoms with van der Waals surface area (Å²) in [6, 6.07) is 0. The van der Waals surface area contributed by atoms with E-state index in [1.54, 1.807) is 0 Å². The van der Waals surface area contributed by atoms with Crippen molar-refractivity contribution in [2.75, 3.05) is 0 Å². The predicted molar refractivity (Wildman–Crippen MR) is 48.7 cm³/mol. The van der Waals surface area contributed by atoms with Crippen LogP contribution in [-0.2, 0) is 0 Å². The number of allylic oxidation sites excluding steroid dienone is 1. The molecule has 0 radical (unpaired) electrons. The topological polar surface area (TPSA) is 40.5 Å². The van der Waals surface area contributed by atoms with Gasteiger partial charge in [-0.2, -0.15) is 0 Å². The number of aliphatic hydroxyl groups is 2. The molecule has 1 rings (SSSR count). The lowest BCUT2D eigenvalue weighted by Crippen LogP contribution is -2.37. The molecule has 68 valence electrons. The summed E-state index contributed by atoms with van der Waals surface area (Å²) in [5, 5.41) is 19.1. The summed E-state index contributed by atoms with van der Waals surface area (Å²) in [4.78, 5) is 0. The zero-order valence-electron chi connectivity index (χ0n) is 7.62. The van der Waals surface area contributed by atoms with E-state index in [9.17, 15) is 10.2 Å². The largest absolute Gasteiger partial charge is 0.389 e. The van der Waals surface area contributed by atoms with Gasteiger partial charge in [0.1, 0.15) is 6.10 Å². The van der Waals surface area contributed by atoms with Crippen molar-refractivity contribution in [2.24, 2.45) is 5.92 Å². The third-order valence-electron chi connectivity index (χ3n) is 2.53. The van der Waals surface area contributed by atoms with Crippen molar-refractivity contribution in [1.29, 1.82) is 0 Å². The Morgan fingerprint density at radius 2 is 2.17 bits per heavy atom. The summed E-state index contributed by atoms with van der Waals surface area (Å²) in [5.41, 5.74) is 1.80. The van der Waals surface area contributed by atoms with Crippen LogP contribution in [0.5, 0.6) is 0 Å². The molecule has 0 bridgehead atoms. The molecule has 0 saturated carbocycles. The highest BCUT2D eigenvalue weighted by molar-refractivity contribution is 5.18. The molecule has 0 saturated heterocycles. The smallest absolute Gasteiger partial charge is 0.101 e. The summed E-state index contributed by atoms with van der Waals surface area (Å²) in [5.74, 6) is 0.0173.